The van der Waals surface area contributed by atoms with Crippen LogP contribution in [0.3, 0.4) is 0 Å². The molecule has 2 aromatic rings. The van der Waals surface area contributed by atoms with E-state index in [1.807, 2.05) is 14.0 Å². The molecule has 184 valence electrons. The van der Waals surface area contributed by atoms with Crippen LogP contribution < -0.4 is 10.1 Å². The van der Waals surface area contributed by atoms with Gasteiger partial charge in [-0.05, 0) is 86.0 Å². The molecule has 0 radical (unpaired) electrons. The van der Waals surface area contributed by atoms with Gasteiger partial charge in [0.1, 0.15) is 5.75 Å². The highest BCUT2D eigenvalue weighted by atomic mass is 32.2. The molecule has 1 amide bonds. The molecule has 3 aliphatic rings. The molecule has 0 saturated heterocycles. The average Bonchev–Trinajstić information content (AvgIpc) is 3.40. The number of fused-ring (bicyclic) bond motifs is 7. The second-order valence-electron chi connectivity index (χ2n) is 10.1. The Labute approximate surface area is 205 Å². The molecule has 34 heavy (non-hydrogen) atoms. The first-order valence-electron chi connectivity index (χ1n) is 12.3. The van der Waals surface area contributed by atoms with Crippen molar-refractivity contribution in [3.8, 4) is 5.75 Å². The van der Waals surface area contributed by atoms with Gasteiger partial charge in [0.25, 0.3) is 18.2 Å². The van der Waals surface area contributed by atoms with Crippen molar-refractivity contribution < 1.29 is 18.3 Å². The standard InChI is InChI=1S/C25H34N4O4S/c1-5-14-11-18-15(12-21(14)31-34-33-32-26)7-8-17-16(18)9-10-25(3)20(17)13-19-22(27-28-23(19)25)24(30)29(4)6-2/h11-12,16-17,20H,5-10,13,26H2,1-4H3,(H,27,28)/t16?,17?,20?,25-/m0/s1. The molecule has 8 nitrogen and oxygen atoms in total. The van der Waals surface area contributed by atoms with Crippen LogP contribution in [0.2, 0.25) is 0 Å². The normalized spacial score (nSPS) is 26.9. The summed E-state index contributed by atoms with van der Waals surface area (Å²) in [6, 6.07) is 4.51. The lowest BCUT2D eigenvalue weighted by molar-refractivity contribution is -0.199. The van der Waals surface area contributed by atoms with E-state index in [0.29, 0.717) is 30.0 Å². The number of nitrogens with zero attached hydrogens (tertiary/aromatic N) is 2. The van der Waals surface area contributed by atoms with Crippen molar-refractivity contribution in [3.63, 3.8) is 0 Å². The lowest BCUT2D eigenvalue weighted by atomic mass is 9.55. The minimum Gasteiger partial charge on any atom is -0.398 e. The summed E-state index contributed by atoms with van der Waals surface area (Å²) >= 11 is 0.735. The van der Waals surface area contributed by atoms with Gasteiger partial charge in [0.2, 0.25) is 0 Å². The number of aromatic amines is 1. The first kappa shape index (κ1) is 23.7. The number of aryl methyl sites for hydroxylation is 2. The number of benzene rings is 1. The second kappa shape index (κ2) is 9.18. The maximum Gasteiger partial charge on any atom is 0.274 e. The second-order valence-corrected chi connectivity index (χ2v) is 10.6. The molecular formula is C25H34N4O4S. The summed E-state index contributed by atoms with van der Waals surface area (Å²) in [6.45, 7) is 7.20. The summed E-state index contributed by atoms with van der Waals surface area (Å²) in [4.78, 5) is 18.8. The predicted octanol–water partition coefficient (Wildman–Crippen LogP) is 4.40. The van der Waals surface area contributed by atoms with Gasteiger partial charge in [-0.1, -0.05) is 19.9 Å². The van der Waals surface area contributed by atoms with Gasteiger partial charge in [-0.15, -0.1) is 9.32 Å². The van der Waals surface area contributed by atoms with Crippen LogP contribution in [0.25, 0.3) is 0 Å². The van der Waals surface area contributed by atoms with Gasteiger partial charge in [-0.3, -0.25) is 9.89 Å². The van der Waals surface area contributed by atoms with Crippen LogP contribution in [0.1, 0.15) is 84.4 Å². The predicted molar refractivity (Wildman–Crippen MR) is 130 cm³/mol. The lowest BCUT2D eigenvalue weighted by Crippen LogP contribution is -2.43. The summed E-state index contributed by atoms with van der Waals surface area (Å²) < 4.78 is 10.3. The maximum absolute atomic E-state index is 13.0. The summed E-state index contributed by atoms with van der Waals surface area (Å²) in [5.74, 6) is 7.41. The van der Waals surface area contributed by atoms with Crippen LogP contribution in [0, 0.1) is 11.8 Å². The molecule has 0 aliphatic heterocycles. The molecule has 3 aliphatic carbocycles. The third kappa shape index (κ3) is 3.64. The Morgan fingerprint density at radius 2 is 2.18 bits per heavy atom. The van der Waals surface area contributed by atoms with E-state index < -0.39 is 0 Å². The molecule has 1 fully saturated rings. The number of H-pyrrole nitrogens is 1. The third-order valence-corrected chi connectivity index (χ3v) is 9.13. The highest BCUT2D eigenvalue weighted by Crippen LogP contribution is 2.60. The quantitative estimate of drug-likeness (QED) is 0.259. The Bertz CT molecular complexity index is 1090. The monoisotopic (exact) mass is 486 g/mol. The molecule has 9 heteroatoms. The third-order valence-electron chi connectivity index (χ3n) is 8.75. The summed E-state index contributed by atoms with van der Waals surface area (Å²) in [5.41, 5.74) is 7.03. The molecular weight excluding hydrogens is 452 g/mol. The summed E-state index contributed by atoms with van der Waals surface area (Å²) in [5, 5.41) is 7.79. The van der Waals surface area contributed by atoms with Crippen LogP contribution in [-0.4, -0.2) is 34.6 Å². The number of carbonyl (C=O) groups excluding carboxylic acids is 1. The van der Waals surface area contributed by atoms with E-state index in [9.17, 15) is 4.79 Å². The lowest BCUT2D eigenvalue weighted by Gasteiger charge is -2.49. The minimum absolute atomic E-state index is 0.0230. The van der Waals surface area contributed by atoms with Crippen LogP contribution in [0.4, 0.5) is 0 Å². The number of nitrogens with one attached hydrogen (secondary N) is 1. The zero-order valence-corrected chi connectivity index (χ0v) is 21.2. The maximum atomic E-state index is 13.0. The van der Waals surface area contributed by atoms with Gasteiger partial charge >= 0.3 is 0 Å². The molecule has 1 saturated carbocycles. The van der Waals surface area contributed by atoms with Crippen LogP contribution in [-0.2, 0) is 34.0 Å². The van der Waals surface area contributed by atoms with E-state index in [4.69, 9.17) is 10.1 Å². The number of hydrogen-bond acceptors (Lipinski definition) is 7. The highest BCUT2D eigenvalue weighted by molar-refractivity contribution is 7.90. The SMILES string of the molecule is CCc1cc2c(cc1OSOON)CCC1C2CC[C@]2(C)c3[nH]nc(C(=O)N(C)CC)c3CC12. The van der Waals surface area contributed by atoms with Crippen LogP contribution >= 0.6 is 12.3 Å². The van der Waals surface area contributed by atoms with E-state index >= 15 is 0 Å². The molecule has 0 bridgehead atoms. The molecule has 1 heterocycles. The Hall–Kier alpha value is -2.07. The van der Waals surface area contributed by atoms with E-state index in [2.05, 4.69) is 45.5 Å². The molecule has 3 unspecified atom stereocenters. The highest BCUT2D eigenvalue weighted by Gasteiger charge is 2.55. The van der Waals surface area contributed by atoms with Gasteiger partial charge in [0.05, 0.1) is 0 Å². The van der Waals surface area contributed by atoms with E-state index in [-0.39, 0.29) is 11.3 Å². The topological polar surface area (TPSA) is 103 Å². The molecule has 1 aromatic heterocycles. The zero-order chi connectivity index (χ0) is 24.0. The summed E-state index contributed by atoms with van der Waals surface area (Å²) in [6.07, 6.45) is 6.22. The van der Waals surface area contributed by atoms with Gasteiger partial charge in [0, 0.05) is 30.3 Å². The Morgan fingerprint density at radius 3 is 2.91 bits per heavy atom. The molecule has 4 atom stereocenters. The fraction of sp³-hybridized carbons (Fsp3) is 0.600. The van der Waals surface area contributed by atoms with E-state index in [1.165, 1.54) is 16.8 Å². The average molecular weight is 487 g/mol. The van der Waals surface area contributed by atoms with E-state index in [1.54, 1.807) is 4.90 Å². The van der Waals surface area contributed by atoms with E-state index in [0.717, 1.165) is 67.7 Å². The van der Waals surface area contributed by atoms with Crippen molar-refractivity contribution in [1.82, 2.24) is 15.1 Å². The fourth-order valence-electron chi connectivity index (χ4n) is 6.83. The first-order chi connectivity index (χ1) is 16.4. The largest absolute Gasteiger partial charge is 0.398 e. The summed E-state index contributed by atoms with van der Waals surface area (Å²) in [7, 11) is 1.85. The molecule has 5 rings (SSSR count). The van der Waals surface area contributed by atoms with Gasteiger partial charge in [0.15, 0.2) is 5.69 Å². The number of carbonyl (C=O) groups is 1. The number of aromatic nitrogens is 2. The van der Waals surface area contributed by atoms with Gasteiger partial charge < -0.3 is 9.08 Å². The Morgan fingerprint density at radius 1 is 1.35 bits per heavy atom. The van der Waals surface area contributed by atoms with Crippen molar-refractivity contribution in [2.75, 3.05) is 13.6 Å². The van der Waals surface area contributed by atoms with Crippen molar-refractivity contribution in [1.29, 1.82) is 0 Å². The van der Waals surface area contributed by atoms with Crippen molar-refractivity contribution >= 4 is 18.2 Å². The number of amides is 1. The van der Waals surface area contributed by atoms with Crippen molar-refractivity contribution in [3.05, 3.63) is 45.8 Å². The van der Waals surface area contributed by atoms with Gasteiger partial charge in [-0.25, -0.2) is 0 Å². The van der Waals surface area contributed by atoms with Crippen molar-refractivity contribution in [2.24, 2.45) is 17.7 Å². The zero-order valence-electron chi connectivity index (χ0n) is 20.3. The van der Waals surface area contributed by atoms with Gasteiger partial charge in [-0.2, -0.15) is 11.0 Å². The molecule has 1 aromatic carbocycles. The first-order valence-corrected chi connectivity index (χ1v) is 12.9. The van der Waals surface area contributed by atoms with Crippen molar-refractivity contribution in [2.45, 2.75) is 70.6 Å². The molecule has 3 N–H and O–H groups in total. The van der Waals surface area contributed by atoms with Crippen LogP contribution in [0.5, 0.6) is 5.75 Å². The number of hydrogen-bond donors (Lipinski definition) is 2. The fourth-order valence-corrected chi connectivity index (χ4v) is 7.12. The molecule has 0 spiro atoms. The Balaban J connectivity index is 1.44. The minimum atomic E-state index is 0.0230. The van der Waals surface area contributed by atoms with Crippen LogP contribution in [0.15, 0.2) is 12.1 Å². The smallest absolute Gasteiger partial charge is 0.274 e. The number of rotatable bonds is 7. The number of nitrogens with two attached hydrogens (primary N) is 1. The Kier molecular flexibility index (Phi) is 6.39.